The van der Waals surface area contributed by atoms with Crippen LogP contribution in [-0.2, 0) is 14.8 Å². The first-order chi connectivity index (χ1) is 14.4. The first-order valence-corrected chi connectivity index (χ1v) is 11.4. The standard InChI is InChI=1S/C21H22N4O4S/c26-19(13-17-14-5-1-2-6-15(14)20(27)22-17)25-11-9-21(10-12-25)23-16-7-3-4-8-18(16)30(28,29)24-21/h1-8,17,23-24H,9-13H2,(H,22,27). The molecule has 3 N–H and O–H groups in total. The number of hydrogen-bond acceptors (Lipinski definition) is 5. The van der Waals surface area contributed by atoms with Gasteiger partial charge >= 0.3 is 0 Å². The average molecular weight is 426 g/mol. The minimum Gasteiger partial charge on any atom is -0.365 e. The predicted molar refractivity (Wildman–Crippen MR) is 110 cm³/mol. The Hall–Kier alpha value is -2.91. The fourth-order valence-corrected chi connectivity index (χ4v) is 6.10. The van der Waals surface area contributed by atoms with Gasteiger partial charge in [-0.3, -0.25) is 9.59 Å². The molecule has 2 aromatic rings. The van der Waals surface area contributed by atoms with Gasteiger partial charge in [-0.1, -0.05) is 30.3 Å². The Morgan fingerprint density at radius 1 is 1.07 bits per heavy atom. The lowest BCUT2D eigenvalue weighted by Crippen LogP contribution is -2.62. The second-order valence-electron chi connectivity index (χ2n) is 8.01. The molecule has 2 aromatic carbocycles. The highest BCUT2D eigenvalue weighted by Crippen LogP contribution is 2.35. The molecule has 1 unspecified atom stereocenters. The molecule has 0 saturated carbocycles. The van der Waals surface area contributed by atoms with E-state index in [1.54, 1.807) is 35.2 Å². The van der Waals surface area contributed by atoms with E-state index in [-0.39, 0.29) is 29.2 Å². The van der Waals surface area contributed by atoms with Crippen LogP contribution in [0.25, 0.3) is 0 Å². The van der Waals surface area contributed by atoms with Crippen molar-refractivity contribution in [2.75, 3.05) is 18.4 Å². The summed E-state index contributed by atoms with van der Waals surface area (Å²) >= 11 is 0. The van der Waals surface area contributed by atoms with Crippen LogP contribution in [0.15, 0.2) is 53.4 Å². The zero-order valence-electron chi connectivity index (χ0n) is 16.2. The maximum Gasteiger partial charge on any atom is 0.252 e. The Labute approximate surface area is 174 Å². The highest BCUT2D eigenvalue weighted by Gasteiger charge is 2.44. The summed E-state index contributed by atoms with van der Waals surface area (Å²) in [5, 5.41) is 6.21. The minimum absolute atomic E-state index is 0.0501. The Kier molecular flexibility index (Phi) is 4.33. The highest BCUT2D eigenvalue weighted by molar-refractivity contribution is 7.89. The van der Waals surface area contributed by atoms with Crippen molar-refractivity contribution < 1.29 is 18.0 Å². The molecule has 0 bridgehead atoms. The summed E-state index contributed by atoms with van der Waals surface area (Å²) in [6.45, 7) is 0.859. The van der Waals surface area contributed by atoms with Crippen LogP contribution in [0.2, 0.25) is 0 Å². The van der Waals surface area contributed by atoms with Crippen molar-refractivity contribution in [2.24, 2.45) is 0 Å². The number of nitrogens with zero attached hydrogens (tertiary/aromatic N) is 1. The predicted octanol–water partition coefficient (Wildman–Crippen LogP) is 1.58. The molecule has 3 heterocycles. The van der Waals surface area contributed by atoms with Crippen LogP contribution in [0, 0.1) is 0 Å². The number of sulfonamides is 1. The van der Waals surface area contributed by atoms with E-state index in [9.17, 15) is 18.0 Å². The number of amides is 2. The molecule has 2 amide bonds. The number of carbonyl (C=O) groups is 2. The average Bonchev–Trinajstić information content (AvgIpc) is 3.04. The molecular weight excluding hydrogens is 404 g/mol. The molecule has 30 heavy (non-hydrogen) atoms. The van der Waals surface area contributed by atoms with Gasteiger partial charge in [0.1, 0.15) is 10.6 Å². The lowest BCUT2D eigenvalue weighted by atomic mass is 9.96. The van der Waals surface area contributed by atoms with Gasteiger partial charge in [0, 0.05) is 31.5 Å². The van der Waals surface area contributed by atoms with Gasteiger partial charge in [-0.25, -0.2) is 8.42 Å². The van der Waals surface area contributed by atoms with Crippen LogP contribution in [0.4, 0.5) is 5.69 Å². The van der Waals surface area contributed by atoms with E-state index in [4.69, 9.17) is 0 Å². The number of piperidine rings is 1. The Morgan fingerprint density at radius 2 is 1.77 bits per heavy atom. The lowest BCUT2D eigenvalue weighted by molar-refractivity contribution is -0.133. The van der Waals surface area contributed by atoms with Crippen molar-refractivity contribution >= 4 is 27.5 Å². The van der Waals surface area contributed by atoms with Gasteiger partial charge in [0.2, 0.25) is 15.9 Å². The monoisotopic (exact) mass is 426 g/mol. The largest absolute Gasteiger partial charge is 0.365 e. The number of para-hydroxylation sites is 1. The third-order valence-corrected chi connectivity index (χ3v) is 7.71. The molecule has 1 spiro atoms. The van der Waals surface area contributed by atoms with Crippen LogP contribution in [0.3, 0.4) is 0 Å². The van der Waals surface area contributed by atoms with Gasteiger partial charge in [-0.05, 0) is 23.8 Å². The summed E-state index contributed by atoms with van der Waals surface area (Å²) in [4.78, 5) is 27.0. The molecule has 0 aliphatic carbocycles. The van der Waals surface area contributed by atoms with Crippen LogP contribution >= 0.6 is 0 Å². The molecule has 156 valence electrons. The molecular formula is C21H22N4O4S. The van der Waals surface area contributed by atoms with E-state index in [0.717, 1.165) is 5.56 Å². The first-order valence-electron chi connectivity index (χ1n) is 9.96. The molecule has 3 aliphatic heterocycles. The van der Waals surface area contributed by atoms with Gasteiger partial charge in [-0.2, -0.15) is 4.72 Å². The fraction of sp³-hybridized carbons (Fsp3) is 0.333. The van der Waals surface area contributed by atoms with Crippen molar-refractivity contribution in [3.05, 3.63) is 59.7 Å². The second kappa shape index (κ2) is 6.82. The third kappa shape index (κ3) is 3.14. The zero-order chi connectivity index (χ0) is 20.9. The smallest absolute Gasteiger partial charge is 0.252 e. The van der Waals surface area contributed by atoms with Crippen LogP contribution < -0.4 is 15.4 Å². The number of carbonyl (C=O) groups excluding carboxylic acids is 2. The molecule has 9 heteroatoms. The van der Waals surface area contributed by atoms with E-state index in [1.807, 2.05) is 18.2 Å². The molecule has 3 aliphatic rings. The number of fused-ring (bicyclic) bond motifs is 2. The maximum absolute atomic E-state index is 12.9. The quantitative estimate of drug-likeness (QED) is 0.676. The van der Waals surface area contributed by atoms with E-state index >= 15 is 0 Å². The first kappa shape index (κ1) is 19.1. The fourth-order valence-electron chi connectivity index (χ4n) is 4.55. The zero-order valence-corrected chi connectivity index (χ0v) is 17.0. The van der Waals surface area contributed by atoms with Crippen molar-refractivity contribution in [3.63, 3.8) is 0 Å². The Bertz CT molecular complexity index is 1140. The topological polar surface area (TPSA) is 108 Å². The SMILES string of the molecule is O=C1NC(CC(=O)N2CCC3(CC2)Nc2ccccc2S(=O)(=O)N3)c2ccccc21. The molecule has 0 radical (unpaired) electrons. The number of likely N-dealkylation sites (tertiary alicyclic amines) is 1. The van der Waals surface area contributed by atoms with Gasteiger partial charge in [0.05, 0.1) is 18.2 Å². The van der Waals surface area contributed by atoms with Crippen LogP contribution in [0.1, 0.15) is 41.2 Å². The minimum atomic E-state index is -3.61. The molecule has 1 atom stereocenters. The van der Waals surface area contributed by atoms with Crippen molar-refractivity contribution in [2.45, 2.75) is 35.9 Å². The number of hydrogen-bond donors (Lipinski definition) is 3. The molecule has 8 nitrogen and oxygen atoms in total. The summed E-state index contributed by atoms with van der Waals surface area (Å²) in [6.07, 6.45) is 1.11. The van der Waals surface area contributed by atoms with Crippen molar-refractivity contribution in [1.29, 1.82) is 0 Å². The summed E-state index contributed by atoms with van der Waals surface area (Å²) in [5.41, 5.74) is 1.26. The Balaban J connectivity index is 1.27. The molecule has 1 saturated heterocycles. The van der Waals surface area contributed by atoms with Gasteiger partial charge in [0.15, 0.2) is 0 Å². The van der Waals surface area contributed by atoms with Gasteiger partial charge in [0.25, 0.3) is 5.91 Å². The summed E-state index contributed by atoms with van der Waals surface area (Å²) in [5.74, 6) is -0.202. The molecule has 0 aromatic heterocycles. The Morgan fingerprint density at radius 3 is 2.57 bits per heavy atom. The normalized spacial score (nSPS) is 23.3. The van der Waals surface area contributed by atoms with Crippen LogP contribution in [0.5, 0.6) is 0 Å². The highest BCUT2D eigenvalue weighted by atomic mass is 32.2. The molecule has 1 fully saturated rings. The summed E-state index contributed by atoms with van der Waals surface area (Å²) in [6, 6.07) is 13.8. The number of nitrogens with one attached hydrogen (secondary N) is 3. The van der Waals surface area contributed by atoms with E-state index in [1.165, 1.54) is 0 Å². The lowest BCUT2D eigenvalue weighted by Gasteiger charge is -2.45. The van der Waals surface area contributed by atoms with E-state index in [2.05, 4.69) is 15.4 Å². The van der Waals surface area contributed by atoms with Crippen molar-refractivity contribution in [1.82, 2.24) is 14.9 Å². The van der Waals surface area contributed by atoms with Crippen molar-refractivity contribution in [3.8, 4) is 0 Å². The van der Waals surface area contributed by atoms with E-state index < -0.39 is 15.7 Å². The maximum atomic E-state index is 12.9. The van der Waals surface area contributed by atoms with Gasteiger partial charge in [-0.15, -0.1) is 0 Å². The molecule has 5 rings (SSSR count). The number of rotatable bonds is 2. The van der Waals surface area contributed by atoms with E-state index in [0.29, 0.717) is 37.2 Å². The third-order valence-electron chi connectivity index (χ3n) is 6.11. The second-order valence-corrected chi connectivity index (χ2v) is 9.66. The van der Waals surface area contributed by atoms with Gasteiger partial charge < -0.3 is 15.5 Å². The number of anilines is 1. The summed E-state index contributed by atoms with van der Waals surface area (Å²) in [7, 11) is -3.61. The number of benzene rings is 2. The van der Waals surface area contributed by atoms with Crippen LogP contribution in [-0.4, -0.2) is 43.9 Å². The summed E-state index contributed by atoms with van der Waals surface area (Å²) < 4.78 is 28.1.